The number of nitrogens with zero attached hydrogens (tertiary/aromatic N) is 1. The van der Waals surface area contributed by atoms with E-state index in [1.165, 1.54) is 12.1 Å². The summed E-state index contributed by atoms with van der Waals surface area (Å²) in [4.78, 5) is 2.26. The minimum Gasteiger partial charge on any atom is -0.507 e. The topological polar surface area (TPSA) is 44.7 Å². The van der Waals surface area contributed by atoms with Crippen LogP contribution in [0.2, 0.25) is 0 Å². The first kappa shape index (κ1) is 24.8. The minimum absolute atomic E-state index is 0. The van der Waals surface area contributed by atoms with Crippen LogP contribution < -0.4 is 10.1 Å². The number of hydrogen-bond donors (Lipinski definition) is 2. The van der Waals surface area contributed by atoms with Gasteiger partial charge in [-0.05, 0) is 51.3 Å². The molecule has 1 heterocycles. The third-order valence-corrected chi connectivity index (χ3v) is 4.87. The molecular weight excluding hydrogens is 484 g/mol. The van der Waals surface area contributed by atoms with Gasteiger partial charge in [0.25, 0.3) is 0 Å². The molecule has 28 heavy (non-hydrogen) atoms. The van der Waals surface area contributed by atoms with E-state index in [2.05, 4.69) is 30.9 Å². The Morgan fingerprint density at radius 3 is 2.11 bits per heavy atom. The molecule has 0 bridgehead atoms. The molecule has 2 aromatic carbocycles. The van der Waals surface area contributed by atoms with Gasteiger partial charge in [-0.1, -0.05) is 18.2 Å². The van der Waals surface area contributed by atoms with Crippen LogP contribution in [0.3, 0.4) is 0 Å². The van der Waals surface area contributed by atoms with Crippen molar-refractivity contribution in [2.75, 3.05) is 26.2 Å². The highest BCUT2D eigenvalue weighted by atomic mass is 79.9. The fourth-order valence-corrected chi connectivity index (χ4v) is 3.50. The summed E-state index contributed by atoms with van der Waals surface area (Å²) in [5.74, 6) is -0.103. The molecule has 0 radical (unpaired) electrons. The van der Waals surface area contributed by atoms with Crippen LogP contribution in [0.5, 0.6) is 11.5 Å². The quantitative estimate of drug-likeness (QED) is 0.623. The van der Waals surface area contributed by atoms with Gasteiger partial charge in [0.2, 0.25) is 0 Å². The number of benzene rings is 2. The second kappa shape index (κ2) is 10.5. The van der Waals surface area contributed by atoms with Gasteiger partial charge in [-0.2, -0.15) is 0 Å². The molecule has 156 valence electrons. The van der Waals surface area contributed by atoms with Gasteiger partial charge in [-0.15, -0.1) is 38.0 Å². The van der Waals surface area contributed by atoms with E-state index in [4.69, 9.17) is 0 Å². The van der Waals surface area contributed by atoms with Crippen LogP contribution in [0, 0.1) is 0 Å². The van der Waals surface area contributed by atoms with Crippen molar-refractivity contribution in [3.63, 3.8) is 0 Å². The number of aromatic hydroxyl groups is 1. The second-order valence-corrected chi connectivity index (χ2v) is 6.87. The molecule has 2 aromatic rings. The summed E-state index contributed by atoms with van der Waals surface area (Å²) in [5, 5.41) is 13.0. The lowest BCUT2D eigenvalue weighted by atomic mass is 9.96. The average molecular weight is 504 g/mol. The number of phenolic OH excluding ortho intramolecular Hbond substituents is 1. The van der Waals surface area contributed by atoms with Crippen LogP contribution in [0.25, 0.3) is 0 Å². The Bertz CT molecular complexity index is 757. The summed E-state index contributed by atoms with van der Waals surface area (Å²) in [6.45, 7) is 3.30. The summed E-state index contributed by atoms with van der Waals surface area (Å²) >= 11 is 3.33. The van der Waals surface area contributed by atoms with Crippen molar-refractivity contribution in [1.29, 1.82) is 0 Å². The molecule has 10 heteroatoms. The van der Waals surface area contributed by atoms with Gasteiger partial charge in [0.15, 0.2) is 0 Å². The highest BCUT2D eigenvalue weighted by molar-refractivity contribution is 9.10. The highest BCUT2D eigenvalue weighted by Gasteiger charge is 2.31. The summed E-state index contributed by atoms with van der Waals surface area (Å²) in [6, 6.07) is 11.1. The van der Waals surface area contributed by atoms with E-state index in [1.54, 1.807) is 18.2 Å². The van der Waals surface area contributed by atoms with Gasteiger partial charge in [0.1, 0.15) is 11.5 Å². The number of rotatable bonds is 4. The summed E-state index contributed by atoms with van der Waals surface area (Å²) in [6.07, 6.45) is -4.71. The lowest BCUT2D eigenvalue weighted by molar-refractivity contribution is -0.274. The largest absolute Gasteiger partial charge is 0.573 e. The standard InChI is InChI=1S/C18H18BrF3N2O2.2ClH/c19-15-11-13(3-6-16(15)25)17(24-9-7-23-8-10-24)12-1-4-14(5-2-12)26-18(20,21)22;;/h1-6,11,17,23,25H,7-10H2;2*1H/t17-;;/m1../s1. The Labute approximate surface area is 182 Å². The van der Waals surface area contributed by atoms with Gasteiger partial charge >= 0.3 is 6.36 Å². The summed E-state index contributed by atoms with van der Waals surface area (Å²) < 4.78 is 41.7. The Hall–Kier alpha value is -1.19. The lowest BCUT2D eigenvalue weighted by Crippen LogP contribution is -2.45. The summed E-state index contributed by atoms with van der Waals surface area (Å²) in [5.41, 5.74) is 1.81. The molecule has 1 saturated heterocycles. The molecule has 0 saturated carbocycles. The number of phenols is 1. The van der Waals surface area contributed by atoms with Gasteiger partial charge in [-0.25, -0.2) is 0 Å². The number of nitrogens with one attached hydrogen (secondary N) is 1. The van der Waals surface area contributed by atoms with E-state index in [-0.39, 0.29) is 42.4 Å². The molecule has 0 unspecified atom stereocenters. The van der Waals surface area contributed by atoms with Crippen LogP contribution in [0.4, 0.5) is 13.2 Å². The predicted molar refractivity (Wildman–Crippen MR) is 110 cm³/mol. The summed E-state index contributed by atoms with van der Waals surface area (Å²) in [7, 11) is 0. The van der Waals surface area contributed by atoms with Crippen molar-refractivity contribution in [2.24, 2.45) is 0 Å². The molecule has 3 rings (SSSR count). The molecule has 1 aliphatic heterocycles. The zero-order chi connectivity index (χ0) is 18.7. The highest BCUT2D eigenvalue weighted by Crippen LogP contribution is 2.35. The fourth-order valence-electron chi connectivity index (χ4n) is 3.10. The molecule has 1 atom stereocenters. The van der Waals surface area contributed by atoms with Crippen molar-refractivity contribution < 1.29 is 23.0 Å². The van der Waals surface area contributed by atoms with Crippen molar-refractivity contribution in [1.82, 2.24) is 10.2 Å². The van der Waals surface area contributed by atoms with E-state index in [1.807, 2.05) is 12.1 Å². The van der Waals surface area contributed by atoms with E-state index < -0.39 is 6.36 Å². The zero-order valence-corrected chi connectivity index (χ0v) is 17.8. The normalized spacial score (nSPS) is 15.9. The molecule has 1 aliphatic rings. The molecule has 1 fully saturated rings. The van der Waals surface area contributed by atoms with Crippen LogP contribution in [-0.2, 0) is 0 Å². The van der Waals surface area contributed by atoms with Gasteiger partial charge < -0.3 is 15.2 Å². The van der Waals surface area contributed by atoms with Gasteiger partial charge in [-0.3, -0.25) is 4.90 Å². The molecule has 4 nitrogen and oxygen atoms in total. The SMILES string of the molecule is Cl.Cl.Oc1ccc([C@@H](c2ccc(OC(F)(F)F)cc2)N2CCNCC2)cc1Br. The van der Waals surface area contributed by atoms with Gasteiger partial charge in [0.05, 0.1) is 10.5 Å². The number of piperazine rings is 1. The Morgan fingerprint density at radius 1 is 1.00 bits per heavy atom. The van der Waals surface area contributed by atoms with Crippen molar-refractivity contribution in [3.05, 3.63) is 58.1 Å². The van der Waals surface area contributed by atoms with E-state index in [0.717, 1.165) is 37.3 Å². The second-order valence-electron chi connectivity index (χ2n) is 6.02. The monoisotopic (exact) mass is 502 g/mol. The predicted octanol–water partition coefficient (Wildman–Crippen LogP) is 4.89. The first-order chi connectivity index (χ1) is 12.3. The number of alkyl halides is 3. The third-order valence-electron chi connectivity index (χ3n) is 4.23. The van der Waals surface area contributed by atoms with Crippen LogP contribution in [0.1, 0.15) is 17.2 Å². The third kappa shape index (κ3) is 6.42. The number of halogens is 6. The van der Waals surface area contributed by atoms with Crippen molar-refractivity contribution in [3.8, 4) is 11.5 Å². The maximum Gasteiger partial charge on any atom is 0.573 e. The average Bonchev–Trinajstić information content (AvgIpc) is 2.59. The van der Waals surface area contributed by atoms with E-state index in [9.17, 15) is 18.3 Å². The maximum absolute atomic E-state index is 12.4. The fraction of sp³-hybridized carbons (Fsp3) is 0.333. The Balaban J connectivity index is 0.00000196. The Kier molecular flexibility index (Phi) is 9.36. The smallest absolute Gasteiger partial charge is 0.507 e. The molecule has 0 aliphatic carbocycles. The molecule has 0 aromatic heterocycles. The van der Waals surface area contributed by atoms with Crippen molar-refractivity contribution in [2.45, 2.75) is 12.4 Å². The van der Waals surface area contributed by atoms with Crippen LogP contribution in [0.15, 0.2) is 46.9 Å². The number of hydrogen-bond acceptors (Lipinski definition) is 4. The Morgan fingerprint density at radius 2 is 1.57 bits per heavy atom. The first-order valence-corrected chi connectivity index (χ1v) is 8.92. The van der Waals surface area contributed by atoms with Crippen molar-refractivity contribution >= 4 is 40.7 Å². The van der Waals surface area contributed by atoms with Gasteiger partial charge in [0, 0.05) is 26.2 Å². The van der Waals surface area contributed by atoms with E-state index in [0.29, 0.717) is 4.47 Å². The molecule has 0 spiro atoms. The molecule has 0 amide bonds. The molecular formula is C18H20BrCl2F3N2O2. The minimum atomic E-state index is -4.71. The zero-order valence-electron chi connectivity index (χ0n) is 14.6. The first-order valence-electron chi connectivity index (χ1n) is 8.12. The van der Waals surface area contributed by atoms with Crippen LogP contribution >= 0.6 is 40.7 Å². The number of ether oxygens (including phenoxy) is 1. The molecule has 2 N–H and O–H groups in total. The van der Waals surface area contributed by atoms with Crippen LogP contribution in [-0.4, -0.2) is 42.5 Å². The van der Waals surface area contributed by atoms with E-state index >= 15 is 0 Å². The maximum atomic E-state index is 12.4. The lowest BCUT2D eigenvalue weighted by Gasteiger charge is -2.35.